The summed E-state index contributed by atoms with van der Waals surface area (Å²) in [6.45, 7) is 9.01. The second-order valence-corrected chi connectivity index (χ2v) is 5.66. The van der Waals surface area contributed by atoms with Crippen molar-refractivity contribution in [2.24, 2.45) is 0 Å². The second-order valence-electron chi connectivity index (χ2n) is 5.66. The average molecular weight is 282 g/mol. The van der Waals surface area contributed by atoms with Gasteiger partial charge < -0.3 is 15.2 Å². The average Bonchev–Trinajstić information content (AvgIpc) is 2.26. The molecule has 0 aliphatic carbocycles. The maximum absolute atomic E-state index is 11.0. The molecular formula is C14H22N2O4. The molecule has 112 valence electrons. The maximum atomic E-state index is 11.0. The van der Waals surface area contributed by atoms with Crippen molar-refractivity contribution in [1.29, 1.82) is 0 Å². The molecule has 0 bridgehead atoms. The summed E-state index contributed by atoms with van der Waals surface area (Å²) in [6.07, 6.45) is -0.689. The van der Waals surface area contributed by atoms with Gasteiger partial charge in [-0.2, -0.15) is 0 Å². The van der Waals surface area contributed by atoms with Crippen molar-refractivity contribution in [3.8, 4) is 5.75 Å². The SMILES string of the molecule is CC(C)Oc1cc(NC(C)(C)C(C)O)cc([N+](=O)[O-])c1. The predicted molar refractivity (Wildman–Crippen MR) is 78.2 cm³/mol. The molecule has 0 saturated carbocycles. The zero-order chi connectivity index (χ0) is 15.5. The minimum atomic E-state index is -0.615. The number of hydrogen-bond donors (Lipinski definition) is 2. The van der Waals surface area contributed by atoms with Gasteiger partial charge >= 0.3 is 0 Å². The zero-order valence-corrected chi connectivity index (χ0v) is 12.5. The van der Waals surface area contributed by atoms with E-state index in [0.717, 1.165) is 0 Å². The van der Waals surface area contributed by atoms with Crippen molar-refractivity contribution in [3.63, 3.8) is 0 Å². The van der Waals surface area contributed by atoms with Crippen molar-refractivity contribution >= 4 is 11.4 Å². The summed E-state index contributed by atoms with van der Waals surface area (Å²) in [5, 5.41) is 23.8. The summed E-state index contributed by atoms with van der Waals surface area (Å²) in [5.41, 5.74) is -0.113. The molecule has 0 radical (unpaired) electrons. The van der Waals surface area contributed by atoms with E-state index in [1.54, 1.807) is 13.0 Å². The molecule has 0 fully saturated rings. The number of benzene rings is 1. The standard InChI is InChI=1S/C14H22N2O4/c1-9(2)20-13-7-11(6-12(8-13)16(18)19)15-14(4,5)10(3)17/h6-10,15,17H,1-5H3. The molecule has 6 nitrogen and oxygen atoms in total. The van der Waals surface area contributed by atoms with E-state index in [9.17, 15) is 15.2 Å². The Bertz CT molecular complexity index is 484. The molecule has 0 saturated heterocycles. The van der Waals surface area contributed by atoms with Crippen LogP contribution in [-0.4, -0.2) is 27.8 Å². The van der Waals surface area contributed by atoms with E-state index in [0.29, 0.717) is 11.4 Å². The van der Waals surface area contributed by atoms with Crippen molar-refractivity contribution in [2.45, 2.75) is 52.4 Å². The first-order chi connectivity index (χ1) is 9.11. The van der Waals surface area contributed by atoms with Crippen LogP contribution in [-0.2, 0) is 0 Å². The minimum Gasteiger partial charge on any atom is -0.491 e. The van der Waals surface area contributed by atoms with E-state index in [4.69, 9.17) is 4.74 Å². The molecule has 1 aromatic carbocycles. The van der Waals surface area contributed by atoms with E-state index in [2.05, 4.69) is 5.32 Å². The number of non-ortho nitro benzene ring substituents is 1. The Labute approximate surface area is 118 Å². The van der Waals surface area contributed by atoms with Gasteiger partial charge in [0.25, 0.3) is 5.69 Å². The quantitative estimate of drug-likeness (QED) is 0.619. The monoisotopic (exact) mass is 282 g/mol. The minimum absolute atomic E-state index is 0.0490. The van der Waals surface area contributed by atoms with Gasteiger partial charge in [-0.25, -0.2) is 0 Å². The lowest BCUT2D eigenvalue weighted by molar-refractivity contribution is -0.384. The summed E-state index contributed by atoms with van der Waals surface area (Å²) in [4.78, 5) is 10.5. The van der Waals surface area contributed by atoms with Crippen LogP contribution in [0, 0.1) is 10.1 Å². The van der Waals surface area contributed by atoms with E-state index in [1.165, 1.54) is 12.1 Å². The molecule has 0 aliphatic heterocycles. The van der Waals surface area contributed by atoms with Gasteiger partial charge in [0.1, 0.15) is 5.75 Å². The highest BCUT2D eigenvalue weighted by Gasteiger charge is 2.24. The molecule has 0 aliphatic rings. The van der Waals surface area contributed by atoms with Gasteiger partial charge in [0.15, 0.2) is 0 Å². The smallest absolute Gasteiger partial charge is 0.275 e. The van der Waals surface area contributed by atoms with Crippen LogP contribution in [0.3, 0.4) is 0 Å². The van der Waals surface area contributed by atoms with Crippen LogP contribution in [0.5, 0.6) is 5.75 Å². The number of ether oxygens (including phenoxy) is 1. The van der Waals surface area contributed by atoms with Gasteiger partial charge in [-0.3, -0.25) is 10.1 Å². The first-order valence-corrected chi connectivity index (χ1v) is 6.54. The Balaban J connectivity index is 3.12. The van der Waals surface area contributed by atoms with Crippen LogP contribution < -0.4 is 10.1 Å². The van der Waals surface area contributed by atoms with Gasteiger partial charge in [-0.1, -0.05) is 0 Å². The molecule has 0 aromatic heterocycles. The summed E-state index contributed by atoms with van der Waals surface area (Å²) in [5.74, 6) is 0.429. The summed E-state index contributed by atoms with van der Waals surface area (Å²) in [7, 11) is 0. The number of aliphatic hydroxyl groups excluding tert-OH is 1. The summed E-state index contributed by atoms with van der Waals surface area (Å²) < 4.78 is 5.51. The van der Waals surface area contributed by atoms with Crippen LogP contribution in [0.1, 0.15) is 34.6 Å². The maximum Gasteiger partial charge on any atom is 0.275 e. The molecular weight excluding hydrogens is 260 g/mol. The lowest BCUT2D eigenvalue weighted by Crippen LogP contribution is -2.41. The van der Waals surface area contributed by atoms with Gasteiger partial charge in [0.2, 0.25) is 0 Å². The van der Waals surface area contributed by atoms with Crippen LogP contribution >= 0.6 is 0 Å². The van der Waals surface area contributed by atoms with Crippen LogP contribution in [0.25, 0.3) is 0 Å². The highest BCUT2D eigenvalue weighted by molar-refractivity contribution is 5.57. The Morgan fingerprint density at radius 3 is 2.35 bits per heavy atom. The lowest BCUT2D eigenvalue weighted by Gasteiger charge is -2.30. The molecule has 0 heterocycles. The van der Waals surface area contributed by atoms with E-state index in [1.807, 2.05) is 27.7 Å². The Hall–Kier alpha value is -1.82. The molecule has 1 atom stereocenters. The molecule has 0 amide bonds. The van der Waals surface area contributed by atoms with Crippen molar-refractivity contribution in [3.05, 3.63) is 28.3 Å². The predicted octanol–water partition coefficient (Wildman–Crippen LogP) is 2.95. The third-order valence-corrected chi connectivity index (χ3v) is 2.98. The molecule has 2 N–H and O–H groups in total. The Morgan fingerprint density at radius 1 is 1.30 bits per heavy atom. The first kappa shape index (κ1) is 16.2. The number of aliphatic hydroxyl groups is 1. The third kappa shape index (κ3) is 4.38. The Morgan fingerprint density at radius 2 is 1.90 bits per heavy atom. The first-order valence-electron chi connectivity index (χ1n) is 6.54. The highest BCUT2D eigenvalue weighted by atomic mass is 16.6. The van der Waals surface area contributed by atoms with Crippen molar-refractivity contribution < 1.29 is 14.8 Å². The molecule has 6 heteroatoms. The number of anilines is 1. The zero-order valence-electron chi connectivity index (χ0n) is 12.5. The van der Waals surface area contributed by atoms with Gasteiger partial charge in [-0.15, -0.1) is 0 Å². The van der Waals surface area contributed by atoms with E-state index >= 15 is 0 Å². The largest absolute Gasteiger partial charge is 0.491 e. The fourth-order valence-corrected chi connectivity index (χ4v) is 1.58. The van der Waals surface area contributed by atoms with Gasteiger partial charge in [-0.05, 0) is 34.6 Å². The molecule has 1 unspecified atom stereocenters. The number of nitro benzene ring substituents is 1. The molecule has 20 heavy (non-hydrogen) atoms. The number of nitrogens with one attached hydrogen (secondary N) is 1. The summed E-state index contributed by atoms with van der Waals surface area (Å²) in [6, 6.07) is 4.51. The summed E-state index contributed by atoms with van der Waals surface area (Å²) >= 11 is 0. The lowest BCUT2D eigenvalue weighted by atomic mass is 9.98. The number of hydrogen-bond acceptors (Lipinski definition) is 5. The van der Waals surface area contributed by atoms with Crippen molar-refractivity contribution in [1.82, 2.24) is 0 Å². The van der Waals surface area contributed by atoms with E-state index in [-0.39, 0.29) is 11.8 Å². The third-order valence-electron chi connectivity index (χ3n) is 2.98. The fourth-order valence-electron chi connectivity index (χ4n) is 1.58. The van der Waals surface area contributed by atoms with Crippen LogP contribution in [0.4, 0.5) is 11.4 Å². The Kier molecular flexibility index (Phi) is 4.94. The number of nitrogens with zero attached hydrogens (tertiary/aromatic N) is 1. The number of nitro groups is 1. The van der Waals surface area contributed by atoms with Crippen LogP contribution in [0.2, 0.25) is 0 Å². The van der Waals surface area contributed by atoms with E-state index < -0.39 is 16.6 Å². The second kappa shape index (κ2) is 6.09. The number of rotatable bonds is 6. The molecule has 1 rings (SSSR count). The topological polar surface area (TPSA) is 84.6 Å². The highest BCUT2D eigenvalue weighted by Crippen LogP contribution is 2.29. The van der Waals surface area contributed by atoms with Gasteiger partial charge in [0.05, 0.1) is 28.7 Å². The normalized spacial score (nSPS) is 13.2. The van der Waals surface area contributed by atoms with Gasteiger partial charge in [0, 0.05) is 17.8 Å². The molecule has 0 spiro atoms. The molecule has 1 aromatic rings. The van der Waals surface area contributed by atoms with Crippen LogP contribution in [0.15, 0.2) is 18.2 Å². The van der Waals surface area contributed by atoms with Crippen molar-refractivity contribution in [2.75, 3.05) is 5.32 Å². The fraction of sp³-hybridized carbons (Fsp3) is 0.571.